The second-order valence-corrected chi connectivity index (χ2v) is 8.30. The van der Waals surface area contributed by atoms with E-state index in [0.29, 0.717) is 28.1 Å². The van der Waals surface area contributed by atoms with Crippen LogP contribution in [-0.4, -0.2) is 47.5 Å². The van der Waals surface area contributed by atoms with Crippen LogP contribution < -0.4 is 16.0 Å². The number of benzene rings is 2. The van der Waals surface area contributed by atoms with Crippen LogP contribution in [0.4, 0.5) is 27.3 Å². The van der Waals surface area contributed by atoms with E-state index in [1.54, 1.807) is 19.2 Å². The molecule has 2 aromatic carbocycles. The number of nitrogens with zero attached hydrogens (tertiary/aromatic N) is 3. The number of piperidine rings is 1. The third-order valence-electron chi connectivity index (χ3n) is 5.57. The number of aromatic nitrogens is 2. The maximum Gasteiger partial charge on any atom is 0.248 e. The second-order valence-electron chi connectivity index (χ2n) is 7.89. The van der Waals surface area contributed by atoms with Crippen LogP contribution in [-0.2, 0) is 4.79 Å². The maximum atomic E-state index is 13.5. The molecular weight excluding hydrogens is 443 g/mol. The Balaban J connectivity index is 1.55. The predicted molar refractivity (Wildman–Crippen MR) is 132 cm³/mol. The van der Waals surface area contributed by atoms with E-state index in [9.17, 15) is 9.18 Å². The average Bonchev–Trinajstić information content (AvgIpc) is 2.82. The molecule has 0 unspecified atom stereocenters. The fourth-order valence-electron chi connectivity index (χ4n) is 3.85. The zero-order valence-electron chi connectivity index (χ0n) is 18.4. The Hall–Kier alpha value is -3.23. The highest BCUT2D eigenvalue weighted by molar-refractivity contribution is 6.31. The molecule has 3 N–H and O–H groups in total. The SMILES string of the molecule is CNc1cc2ncnc(Nc3ccc(F)c(Cl)c3)c2cc1NC(=O)/C=C/CN1CCCCC1. The van der Waals surface area contributed by atoms with E-state index < -0.39 is 5.82 Å². The van der Waals surface area contributed by atoms with Gasteiger partial charge in [-0.1, -0.05) is 24.1 Å². The number of halogens is 2. The van der Waals surface area contributed by atoms with E-state index in [1.807, 2.05) is 18.2 Å². The molecule has 1 fully saturated rings. The first kappa shape index (κ1) is 22.9. The van der Waals surface area contributed by atoms with Crippen molar-refractivity contribution in [1.29, 1.82) is 0 Å². The van der Waals surface area contributed by atoms with Gasteiger partial charge in [0.25, 0.3) is 0 Å². The Kier molecular flexibility index (Phi) is 7.36. The summed E-state index contributed by atoms with van der Waals surface area (Å²) in [5.74, 6) is -0.187. The van der Waals surface area contributed by atoms with E-state index in [0.717, 1.165) is 25.3 Å². The number of fused-ring (bicyclic) bond motifs is 1. The molecule has 1 aliphatic rings. The van der Waals surface area contributed by atoms with Crippen molar-refractivity contribution in [2.24, 2.45) is 0 Å². The van der Waals surface area contributed by atoms with Crippen LogP contribution in [0.2, 0.25) is 5.02 Å². The van der Waals surface area contributed by atoms with Crippen molar-refractivity contribution in [3.63, 3.8) is 0 Å². The summed E-state index contributed by atoms with van der Waals surface area (Å²) in [6.45, 7) is 2.93. The Morgan fingerprint density at radius 1 is 1.15 bits per heavy atom. The maximum absolute atomic E-state index is 13.5. The summed E-state index contributed by atoms with van der Waals surface area (Å²) in [6, 6.07) is 8.00. The van der Waals surface area contributed by atoms with Gasteiger partial charge < -0.3 is 16.0 Å². The Morgan fingerprint density at radius 2 is 1.97 bits per heavy atom. The van der Waals surface area contributed by atoms with Crippen LogP contribution in [0.1, 0.15) is 19.3 Å². The summed E-state index contributed by atoms with van der Waals surface area (Å²) in [7, 11) is 1.78. The molecule has 172 valence electrons. The molecule has 2 heterocycles. The normalized spacial score (nSPS) is 14.5. The van der Waals surface area contributed by atoms with Crippen LogP contribution in [0.25, 0.3) is 10.9 Å². The molecule has 1 aromatic heterocycles. The second kappa shape index (κ2) is 10.6. The summed E-state index contributed by atoms with van der Waals surface area (Å²) in [5.41, 5.74) is 2.61. The predicted octanol–water partition coefficient (Wildman–Crippen LogP) is 5.19. The molecule has 4 rings (SSSR count). The minimum absolute atomic E-state index is 0.0140. The smallest absolute Gasteiger partial charge is 0.248 e. The molecule has 9 heteroatoms. The van der Waals surface area contributed by atoms with Crippen molar-refractivity contribution in [3.05, 3.63) is 59.7 Å². The fraction of sp³-hybridized carbons (Fsp3) is 0.292. The number of carbonyl (C=O) groups is 1. The fourth-order valence-corrected chi connectivity index (χ4v) is 4.03. The molecule has 33 heavy (non-hydrogen) atoms. The number of nitrogens with one attached hydrogen (secondary N) is 3. The van der Waals surface area contributed by atoms with Crippen molar-refractivity contribution < 1.29 is 9.18 Å². The largest absolute Gasteiger partial charge is 0.386 e. The van der Waals surface area contributed by atoms with Crippen LogP contribution in [0, 0.1) is 5.82 Å². The highest BCUT2D eigenvalue weighted by Crippen LogP contribution is 2.32. The lowest BCUT2D eigenvalue weighted by atomic mass is 10.1. The number of hydrogen-bond acceptors (Lipinski definition) is 6. The van der Waals surface area contributed by atoms with Crippen molar-refractivity contribution in [3.8, 4) is 0 Å². The number of carbonyl (C=O) groups excluding carboxylic acids is 1. The first-order valence-electron chi connectivity index (χ1n) is 10.9. The molecule has 1 amide bonds. The highest BCUT2D eigenvalue weighted by atomic mass is 35.5. The Labute approximate surface area is 197 Å². The van der Waals surface area contributed by atoms with Gasteiger partial charge in [0, 0.05) is 30.7 Å². The molecule has 1 aliphatic heterocycles. The minimum atomic E-state index is -0.494. The van der Waals surface area contributed by atoms with Gasteiger partial charge in [-0.25, -0.2) is 14.4 Å². The molecule has 0 radical (unpaired) electrons. The first-order valence-corrected chi connectivity index (χ1v) is 11.3. The van der Waals surface area contributed by atoms with Crippen LogP contribution in [0.3, 0.4) is 0 Å². The molecule has 0 bridgehead atoms. The monoisotopic (exact) mass is 468 g/mol. The third-order valence-corrected chi connectivity index (χ3v) is 5.86. The van der Waals surface area contributed by atoms with Gasteiger partial charge >= 0.3 is 0 Å². The molecule has 1 saturated heterocycles. The van der Waals surface area contributed by atoms with E-state index in [-0.39, 0.29) is 10.9 Å². The first-order chi connectivity index (χ1) is 16.0. The topological polar surface area (TPSA) is 82.2 Å². The average molecular weight is 469 g/mol. The van der Waals surface area contributed by atoms with Crippen LogP contribution in [0.5, 0.6) is 0 Å². The van der Waals surface area contributed by atoms with Gasteiger partial charge in [0.1, 0.15) is 18.0 Å². The Morgan fingerprint density at radius 3 is 2.73 bits per heavy atom. The lowest BCUT2D eigenvalue weighted by molar-refractivity contribution is -0.111. The summed E-state index contributed by atoms with van der Waals surface area (Å²) in [5, 5.41) is 9.90. The number of anilines is 4. The lowest BCUT2D eigenvalue weighted by Crippen LogP contribution is -2.29. The van der Waals surface area contributed by atoms with E-state index in [4.69, 9.17) is 11.6 Å². The van der Waals surface area contributed by atoms with Crippen LogP contribution >= 0.6 is 11.6 Å². The summed E-state index contributed by atoms with van der Waals surface area (Å²) in [6.07, 6.45) is 8.62. The molecule has 3 aromatic rings. The number of amides is 1. The van der Waals surface area contributed by atoms with Crippen molar-refractivity contribution >= 4 is 51.3 Å². The van der Waals surface area contributed by atoms with Gasteiger partial charge in [0.05, 0.1) is 21.9 Å². The summed E-state index contributed by atoms with van der Waals surface area (Å²) in [4.78, 5) is 23.6. The lowest BCUT2D eigenvalue weighted by Gasteiger charge is -2.24. The zero-order chi connectivity index (χ0) is 23.2. The standard InChI is InChI=1S/C24H26ClFN6O/c1-27-21-14-20-17(24(29-15-28-20)30-16-7-8-19(26)18(25)12-16)13-22(21)31-23(33)6-5-11-32-9-3-2-4-10-32/h5-8,12-15,27H,2-4,9-11H2,1H3,(H,31,33)(H,28,29,30)/b6-5+. The summed E-state index contributed by atoms with van der Waals surface area (Å²) >= 11 is 5.90. The number of hydrogen-bond donors (Lipinski definition) is 3. The molecule has 0 aliphatic carbocycles. The van der Waals surface area contributed by atoms with Crippen LogP contribution in [0.15, 0.2) is 48.8 Å². The number of rotatable bonds is 7. The summed E-state index contributed by atoms with van der Waals surface area (Å²) < 4.78 is 13.5. The zero-order valence-corrected chi connectivity index (χ0v) is 19.1. The van der Waals surface area contributed by atoms with E-state index >= 15 is 0 Å². The van der Waals surface area contributed by atoms with Crippen molar-refractivity contribution in [2.75, 3.05) is 42.6 Å². The van der Waals surface area contributed by atoms with Crippen molar-refractivity contribution in [2.45, 2.75) is 19.3 Å². The highest BCUT2D eigenvalue weighted by Gasteiger charge is 2.12. The molecule has 7 nitrogen and oxygen atoms in total. The van der Waals surface area contributed by atoms with E-state index in [1.165, 1.54) is 37.7 Å². The third kappa shape index (κ3) is 5.77. The molecule has 0 spiro atoms. The van der Waals surface area contributed by atoms with Crippen molar-refractivity contribution in [1.82, 2.24) is 14.9 Å². The minimum Gasteiger partial charge on any atom is -0.386 e. The molecule has 0 atom stereocenters. The molecule has 0 saturated carbocycles. The quantitative estimate of drug-likeness (QED) is 0.414. The molecular formula is C24H26ClFN6O. The van der Waals surface area contributed by atoms with Gasteiger partial charge in [-0.2, -0.15) is 0 Å². The van der Waals surface area contributed by atoms with Gasteiger partial charge in [0.15, 0.2) is 0 Å². The van der Waals surface area contributed by atoms with Gasteiger partial charge in [-0.05, 0) is 56.3 Å². The van der Waals surface area contributed by atoms with Gasteiger partial charge in [-0.3, -0.25) is 9.69 Å². The van der Waals surface area contributed by atoms with Gasteiger partial charge in [-0.15, -0.1) is 0 Å². The van der Waals surface area contributed by atoms with E-state index in [2.05, 4.69) is 30.8 Å². The number of likely N-dealkylation sites (tertiary alicyclic amines) is 1. The Bertz CT molecular complexity index is 1180. The van der Waals surface area contributed by atoms with Gasteiger partial charge in [0.2, 0.25) is 5.91 Å².